The predicted octanol–water partition coefficient (Wildman–Crippen LogP) is 1.84. The van der Waals surface area contributed by atoms with Crippen LogP contribution in [0.3, 0.4) is 0 Å². The molecule has 12 heavy (non-hydrogen) atoms. The van der Waals surface area contributed by atoms with Crippen LogP contribution >= 0.6 is 11.6 Å². The minimum absolute atomic E-state index is 0.559. The summed E-state index contributed by atoms with van der Waals surface area (Å²) in [7, 11) is -3.96. The van der Waals surface area contributed by atoms with Crippen LogP contribution in [0.2, 0.25) is 32.7 Å². The van der Waals surface area contributed by atoms with E-state index in [-0.39, 0.29) is 0 Å². The van der Waals surface area contributed by atoms with Crippen LogP contribution < -0.4 is 0 Å². The van der Waals surface area contributed by atoms with Crippen molar-refractivity contribution in [1.82, 2.24) is 0 Å². The number of hydrogen-bond acceptors (Lipinski definition) is 2. The lowest BCUT2D eigenvalue weighted by Crippen LogP contribution is -2.47. The molecule has 0 unspecified atom stereocenters. The van der Waals surface area contributed by atoms with Gasteiger partial charge in [-0.1, -0.05) is 0 Å². The molecule has 0 aromatic heterocycles. The van der Waals surface area contributed by atoms with Gasteiger partial charge >= 0.3 is 8.56 Å². The fourth-order valence-electron chi connectivity index (χ4n) is 1.09. The number of hydrogen-bond donors (Lipinski definition) is 0. The summed E-state index contributed by atoms with van der Waals surface area (Å²) in [6.07, 6.45) is 0. The molecule has 74 valence electrons. The molecule has 0 aromatic carbocycles. The van der Waals surface area contributed by atoms with Gasteiger partial charge in [0.25, 0.3) is 0 Å². The van der Waals surface area contributed by atoms with Gasteiger partial charge in [0, 0.05) is 0 Å². The highest BCUT2D eigenvalue weighted by atomic mass is 35.5. The Labute approximate surface area is 84.9 Å². The van der Waals surface area contributed by atoms with Gasteiger partial charge in [-0.25, -0.2) is 0 Å². The van der Waals surface area contributed by atoms with Crippen molar-refractivity contribution in [2.75, 3.05) is 5.50 Å². The van der Waals surface area contributed by atoms with Crippen LogP contribution in [-0.4, -0.2) is 32.1 Å². The van der Waals surface area contributed by atoms with E-state index in [0.717, 1.165) is 0 Å². The normalized spacial score (nSPS) is 13.0. The molecular weight excluding hydrogens is 224 g/mol. The summed E-state index contributed by atoms with van der Waals surface area (Å²) in [4.78, 5) is 0. The van der Waals surface area contributed by atoms with Gasteiger partial charge in [-0.2, -0.15) is 0 Å². The van der Waals surface area contributed by atoms with Crippen LogP contribution in [0.25, 0.3) is 0 Å². The zero-order valence-corrected chi connectivity index (χ0v) is 12.6. The molecule has 0 aromatic rings. The summed E-state index contributed by atoms with van der Waals surface area (Å²) in [6, 6.07) is 0. The predicted molar refractivity (Wildman–Crippen MR) is 62.3 cm³/mol. The number of alkyl halides is 1. The summed E-state index contributed by atoms with van der Waals surface area (Å²) >= 11 is 5.85. The van der Waals surface area contributed by atoms with Gasteiger partial charge in [0.1, 0.15) is 0 Å². The molecule has 0 aliphatic carbocycles. The monoisotopic (exact) mass is 242 g/mol. The zero-order valence-electron chi connectivity index (χ0n) is 8.56. The van der Waals surface area contributed by atoms with Crippen molar-refractivity contribution in [3.8, 4) is 0 Å². The van der Waals surface area contributed by atoms with Crippen molar-refractivity contribution in [2.45, 2.75) is 32.7 Å². The molecule has 0 aliphatic rings. The highest BCUT2D eigenvalue weighted by Crippen LogP contribution is 2.12. The van der Waals surface area contributed by atoms with E-state index in [1.807, 2.05) is 0 Å². The number of halogens is 1. The molecule has 0 amide bonds. The van der Waals surface area contributed by atoms with Crippen molar-refractivity contribution in [2.24, 2.45) is 0 Å². The van der Waals surface area contributed by atoms with Gasteiger partial charge in [0.2, 0.25) is 0 Å². The van der Waals surface area contributed by atoms with Crippen molar-refractivity contribution < 1.29 is 8.23 Å². The molecule has 0 aliphatic heterocycles. The molecular formula is C6H19ClO2Si3. The standard InChI is InChI=1S/C6H19ClO2Si3/c1-10(2)8-12(5,6-7)9-11(3)4/h10-11H,6H2,1-5H3. The minimum atomic E-state index is -1.96. The Bertz CT molecular complexity index is 122. The maximum absolute atomic E-state index is 5.86. The Morgan fingerprint density at radius 3 is 1.58 bits per heavy atom. The second-order valence-electron chi connectivity index (χ2n) is 3.60. The summed E-state index contributed by atoms with van der Waals surface area (Å²) < 4.78 is 11.7. The van der Waals surface area contributed by atoms with Crippen LogP contribution in [0.5, 0.6) is 0 Å². The topological polar surface area (TPSA) is 18.5 Å². The van der Waals surface area contributed by atoms with Crippen LogP contribution in [0.15, 0.2) is 0 Å². The SMILES string of the molecule is C[SiH](C)O[Si](C)(CCl)O[SiH](C)C. The third-order valence-electron chi connectivity index (χ3n) is 1.21. The van der Waals surface area contributed by atoms with E-state index in [2.05, 4.69) is 32.7 Å². The van der Waals surface area contributed by atoms with Gasteiger partial charge in [-0.3, -0.25) is 0 Å². The van der Waals surface area contributed by atoms with Gasteiger partial charge in [-0.15, -0.1) is 11.6 Å². The summed E-state index contributed by atoms with van der Waals surface area (Å²) in [5.74, 6) is 0. The lowest BCUT2D eigenvalue weighted by molar-refractivity contribution is 0.413. The summed E-state index contributed by atoms with van der Waals surface area (Å²) in [5.41, 5.74) is 0.559. The molecule has 0 fully saturated rings. The first-order valence-electron chi connectivity index (χ1n) is 4.31. The number of rotatable bonds is 5. The molecule has 0 rings (SSSR count). The highest BCUT2D eigenvalue weighted by molar-refractivity contribution is 6.83. The summed E-state index contributed by atoms with van der Waals surface area (Å²) in [5, 5.41) is 0. The lowest BCUT2D eigenvalue weighted by atomic mass is 11.9. The van der Waals surface area contributed by atoms with Gasteiger partial charge in [0.15, 0.2) is 18.1 Å². The second kappa shape index (κ2) is 5.56. The summed E-state index contributed by atoms with van der Waals surface area (Å²) in [6.45, 7) is 10.7. The molecule has 0 saturated carbocycles. The average molecular weight is 243 g/mol. The van der Waals surface area contributed by atoms with Crippen LogP contribution in [-0.2, 0) is 8.23 Å². The fourth-order valence-corrected chi connectivity index (χ4v) is 11.4. The van der Waals surface area contributed by atoms with E-state index >= 15 is 0 Å². The smallest absolute Gasteiger partial charge is 0.329 e. The molecule has 6 heteroatoms. The quantitative estimate of drug-likeness (QED) is 0.541. The molecule has 0 radical (unpaired) electrons. The first-order chi connectivity index (χ1) is 5.39. The second-order valence-corrected chi connectivity index (χ2v) is 13.0. The Morgan fingerprint density at radius 1 is 1.08 bits per heavy atom. The van der Waals surface area contributed by atoms with Crippen LogP contribution in [0.4, 0.5) is 0 Å². The zero-order chi connectivity index (χ0) is 9.78. The largest absolute Gasteiger partial charge is 0.439 e. The lowest BCUT2D eigenvalue weighted by Gasteiger charge is -2.29. The van der Waals surface area contributed by atoms with Crippen molar-refractivity contribution in [3.05, 3.63) is 0 Å². The van der Waals surface area contributed by atoms with E-state index in [9.17, 15) is 0 Å². The van der Waals surface area contributed by atoms with Gasteiger partial charge in [0.05, 0.1) is 5.50 Å². The Kier molecular flexibility index (Phi) is 5.96. The van der Waals surface area contributed by atoms with Crippen LogP contribution in [0, 0.1) is 0 Å². The minimum Gasteiger partial charge on any atom is -0.439 e. The van der Waals surface area contributed by atoms with Crippen molar-refractivity contribution in [3.63, 3.8) is 0 Å². The third kappa shape index (κ3) is 5.50. The Balaban J connectivity index is 4.04. The maximum atomic E-state index is 5.86. The molecule has 0 N–H and O–H groups in total. The molecule has 0 atom stereocenters. The molecule has 0 heterocycles. The first kappa shape index (κ1) is 12.9. The average Bonchev–Trinajstić information content (AvgIpc) is 1.83. The van der Waals surface area contributed by atoms with E-state index in [1.54, 1.807) is 0 Å². The van der Waals surface area contributed by atoms with Crippen LogP contribution in [0.1, 0.15) is 0 Å². The Morgan fingerprint density at radius 2 is 1.42 bits per heavy atom. The van der Waals surface area contributed by atoms with Crippen molar-refractivity contribution in [1.29, 1.82) is 0 Å². The first-order valence-corrected chi connectivity index (χ1v) is 12.9. The van der Waals surface area contributed by atoms with E-state index in [0.29, 0.717) is 5.50 Å². The van der Waals surface area contributed by atoms with E-state index < -0.39 is 26.6 Å². The molecule has 0 bridgehead atoms. The molecule has 0 saturated heterocycles. The fraction of sp³-hybridized carbons (Fsp3) is 1.00. The van der Waals surface area contributed by atoms with Gasteiger partial charge < -0.3 is 8.23 Å². The highest BCUT2D eigenvalue weighted by Gasteiger charge is 2.32. The van der Waals surface area contributed by atoms with E-state index in [1.165, 1.54) is 0 Å². The van der Waals surface area contributed by atoms with Crippen molar-refractivity contribution >= 4 is 38.2 Å². The molecule has 0 spiro atoms. The molecule has 2 nitrogen and oxygen atoms in total. The van der Waals surface area contributed by atoms with Gasteiger partial charge in [-0.05, 0) is 32.7 Å². The Hall–Kier alpha value is 0.861. The van der Waals surface area contributed by atoms with E-state index in [4.69, 9.17) is 19.8 Å². The third-order valence-corrected chi connectivity index (χ3v) is 10.9. The maximum Gasteiger partial charge on any atom is 0.329 e.